The lowest BCUT2D eigenvalue weighted by molar-refractivity contribution is -0.163. The molecule has 1 unspecified atom stereocenters. The average Bonchev–Trinajstić information content (AvgIpc) is 3.41. The number of alkyl carbamates (subject to hydrolysis) is 1. The maximum absolute atomic E-state index is 13.8. The second-order valence-electron chi connectivity index (χ2n) is 9.90. The summed E-state index contributed by atoms with van der Waals surface area (Å²) in [5, 5.41) is 4.79. The van der Waals surface area contributed by atoms with Gasteiger partial charge in [0.1, 0.15) is 29.8 Å². The molecule has 0 spiro atoms. The molecule has 0 aliphatic carbocycles. The third-order valence-electron chi connectivity index (χ3n) is 6.66. The largest absolute Gasteiger partial charge is 0.467 e. The first-order chi connectivity index (χ1) is 19.5. The van der Waals surface area contributed by atoms with Crippen molar-refractivity contribution < 1.29 is 47.0 Å². The van der Waals surface area contributed by atoms with Crippen molar-refractivity contribution in [3.63, 3.8) is 0 Å². The topological polar surface area (TPSA) is 140 Å². The molecule has 1 aliphatic heterocycles. The molecule has 1 saturated heterocycles. The van der Waals surface area contributed by atoms with E-state index in [0.29, 0.717) is 31.9 Å². The maximum atomic E-state index is 13.8. The van der Waals surface area contributed by atoms with Gasteiger partial charge in [0.25, 0.3) is 0 Å². The van der Waals surface area contributed by atoms with Crippen LogP contribution in [-0.4, -0.2) is 79.2 Å². The van der Waals surface area contributed by atoms with E-state index in [1.807, 2.05) is 6.92 Å². The number of halogens is 2. The number of likely N-dealkylation sites (tertiary alicyclic amines) is 1. The Morgan fingerprint density at radius 2 is 1.73 bits per heavy atom. The van der Waals surface area contributed by atoms with Gasteiger partial charge < -0.3 is 29.7 Å². The summed E-state index contributed by atoms with van der Waals surface area (Å²) in [4.78, 5) is 64.4. The highest BCUT2D eigenvalue weighted by Gasteiger charge is 2.38. The molecule has 1 aromatic carbocycles. The number of amides is 3. The van der Waals surface area contributed by atoms with E-state index >= 15 is 0 Å². The van der Waals surface area contributed by atoms with Gasteiger partial charge in [-0.15, -0.1) is 0 Å². The Bertz CT molecular complexity index is 1070. The molecule has 41 heavy (non-hydrogen) atoms. The monoisotopic (exact) mass is 583 g/mol. The van der Waals surface area contributed by atoms with Crippen LogP contribution in [0.2, 0.25) is 0 Å². The van der Waals surface area contributed by atoms with E-state index in [9.17, 15) is 32.8 Å². The third-order valence-corrected chi connectivity index (χ3v) is 6.66. The molecule has 0 radical (unpaired) electrons. The van der Waals surface area contributed by atoms with Crippen molar-refractivity contribution in [3.05, 3.63) is 35.4 Å². The SMILES string of the molecule is CCCCCCOC(=O)N[C@@H](Cc1cc(F)cc(F)c1)C(=O)N[C@H](C(=O)OC)[C@H](C)OC(=O)C1CCCN1C(C)=O. The number of nitrogens with one attached hydrogen (secondary N) is 2. The van der Waals surface area contributed by atoms with Crippen molar-refractivity contribution in [2.24, 2.45) is 0 Å². The zero-order valence-corrected chi connectivity index (χ0v) is 23.9. The highest BCUT2D eigenvalue weighted by atomic mass is 19.1. The van der Waals surface area contributed by atoms with Crippen LogP contribution in [-0.2, 0) is 39.8 Å². The van der Waals surface area contributed by atoms with Crippen molar-refractivity contribution in [2.45, 2.75) is 89.9 Å². The van der Waals surface area contributed by atoms with Gasteiger partial charge in [0.05, 0.1) is 13.7 Å². The highest BCUT2D eigenvalue weighted by molar-refractivity contribution is 5.90. The van der Waals surface area contributed by atoms with Crippen molar-refractivity contribution in [1.29, 1.82) is 0 Å². The number of ether oxygens (including phenoxy) is 3. The summed E-state index contributed by atoms with van der Waals surface area (Å²) < 4.78 is 43.0. The Labute approximate surface area is 238 Å². The van der Waals surface area contributed by atoms with Gasteiger partial charge in [-0.25, -0.2) is 23.2 Å². The maximum Gasteiger partial charge on any atom is 0.407 e. The number of carbonyl (C=O) groups excluding carboxylic acids is 5. The van der Waals surface area contributed by atoms with Crippen LogP contribution < -0.4 is 10.6 Å². The fraction of sp³-hybridized carbons (Fsp3) is 0.607. The standard InChI is InChI=1S/C28H39F2N3O8/c1-5-6-7-8-12-40-28(38)31-22(15-19-13-20(29)16-21(30)14-19)25(35)32-24(27(37)39-4)17(2)41-26(36)23-10-9-11-33(23)18(3)34/h13-14,16-17,22-24H,5-12,15H2,1-4H3,(H,31,38)(H,32,35)/t17-,22-,23?,24-/m0/s1. The second kappa shape index (κ2) is 16.5. The molecule has 4 atom stereocenters. The summed E-state index contributed by atoms with van der Waals surface area (Å²) >= 11 is 0. The van der Waals surface area contributed by atoms with Crippen molar-refractivity contribution >= 4 is 29.8 Å². The molecule has 0 bridgehead atoms. The predicted octanol–water partition coefficient (Wildman–Crippen LogP) is 2.78. The summed E-state index contributed by atoms with van der Waals surface area (Å²) in [7, 11) is 1.08. The average molecular weight is 584 g/mol. The molecule has 2 N–H and O–H groups in total. The smallest absolute Gasteiger partial charge is 0.407 e. The number of esters is 2. The summed E-state index contributed by atoms with van der Waals surface area (Å²) in [5.74, 6) is -4.65. The Kier molecular flexibility index (Phi) is 13.4. The predicted molar refractivity (Wildman–Crippen MR) is 142 cm³/mol. The molecule has 11 nitrogen and oxygen atoms in total. The normalized spacial score (nSPS) is 16.7. The number of benzene rings is 1. The fourth-order valence-corrected chi connectivity index (χ4v) is 4.52. The van der Waals surface area contributed by atoms with Gasteiger partial charge in [-0.3, -0.25) is 9.59 Å². The van der Waals surface area contributed by atoms with Crippen LogP contribution in [0.15, 0.2) is 18.2 Å². The summed E-state index contributed by atoms with van der Waals surface area (Å²) in [6, 6.07) is -1.07. The lowest BCUT2D eigenvalue weighted by Crippen LogP contribution is -2.56. The first-order valence-corrected chi connectivity index (χ1v) is 13.7. The van der Waals surface area contributed by atoms with Crippen LogP contribution in [0, 0.1) is 11.6 Å². The van der Waals surface area contributed by atoms with Gasteiger partial charge in [-0.1, -0.05) is 26.2 Å². The number of hydrogen-bond acceptors (Lipinski definition) is 8. The minimum Gasteiger partial charge on any atom is -0.467 e. The molecular formula is C28H39F2N3O8. The number of methoxy groups -OCH3 is 1. The van der Waals surface area contributed by atoms with Gasteiger partial charge in [-0.05, 0) is 43.9 Å². The number of rotatable bonds is 14. The summed E-state index contributed by atoms with van der Waals surface area (Å²) in [5.41, 5.74) is 0.0607. The first-order valence-electron chi connectivity index (χ1n) is 13.7. The number of hydrogen-bond donors (Lipinski definition) is 2. The van der Waals surface area contributed by atoms with Crippen molar-refractivity contribution in [3.8, 4) is 0 Å². The molecule has 0 aromatic heterocycles. The third kappa shape index (κ3) is 10.6. The van der Waals surface area contributed by atoms with Crippen LogP contribution >= 0.6 is 0 Å². The Morgan fingerprint density at radius 3 is 2.34 bits per heavy atom. The van der Waals surface area contributed by atoms with E-state index in [1.165, 1.54) is 18.7 Å². The highest BCUT2D eigenvalue weighted by Crippen LogP contribution is 2.20. The molecule has 1 aliphatic rings. The lowest BCUT2D eigenvalue weighted by atomic mass is 10.0. The van der Waals surface area contributed by atoms with E-state index < -0.39 is 59.8 Å². The second-order valence-corrected chi connectivity index (χ2v) is 9.90. The molecule has 3 amide bonds. The van der Waals surface area contributed by atoms with E-state index in [2.05, 4.69) is 10.6 Å². The molecule has 0 saturated carbocycles. The van der Waals surface area contributed by atoms with Crippen LogP contribution in [0.5, 0.6) is 0 Å². The number of nitrogens with zero attached hydrogens (tertiary/aromatic N) is 1. The molecule has 13 heteroatoms. The lowest BCUT2D eigenvalue weighted by Gasteiger charge is -2.28. The van der Waals surface area contributed by atoms with Crippen LogP contribution in [0.3, 0.4) is 0 Å². The molecule has 1 heterocycles. The van der Waals surface area contributed by atoms with E-state index in [1.54, 1.807) is 0 Å². The molecule has 2 rings (SSSR count). The zero-order valence-electron chi connectivity index (χ0n) is 23.9. The van der Waals surface area contributed by atoms with Crippen LogP contribution in [0.1, 0.15) is 64.9 Å². The summed E-state index contributed by atoms with van der Waals surface area (Å²) in [6.45, 7) is 5.22. The van der Waals surface area contributed by atoms with E-state index in [-0.39, 0.29) is 24.5 Å². The minimum atomic E-state index is -1.50. The van der Waals surface area contributed by atoms with E-state index in [0.717, 1.165) is 38.5 Å². The van der Waals surface area contributed by atoms with E-state index in [4.69, 9.17) is 14.2 Å². The van der Waals surface area contributed by atoms with Gasteiger partial charge >= 0.3 is 18.0 Å². The molecule has 1 aromatic rings. The van der Waals surface area contributed by atoms with Crippen LogP contribution in [0.4, 0.5) is 13.6 Å². The van der Waals surface area contributed by atoms with Gasteiger partial charge in [0, 0.05) is 26.0 Å². The fourth-order valence-electron chi connectivity index (χ4n) is 4.52. The number of carbonyl (C=O) groups is 5. The Balaban J connectivity index is 2.18. The minimum absolute atomic E-state index is 0.0607. The number of unbranched alkanes of at least 4 members (excludes halogenated alkanes) is 3. The quantitative estimate of drug-likeness (QED) is 0.194. The molecule has 1 fully saturated rings. The molecular weight excluding hydrogens is 544 g/mol. The van der Waals surface area contributed by atoms with Crippen molar-refractivity contribution in [2.75, 3.05) is 20.3 Å². The van der Waals surface area contributed by atoms with Crippen LogP contribution in [0.25, 0.3) is 0 Å². The summed E-state index contributed by atoms with van der Waals surface area (Å²) in [6.07, 6.45) is 1.90. The van der Waals surface area contributed by atoms with Gasteiger partial charge in [-0.2, -0.15) is 0 Å². The van der Waals surface area contributed by atoms with Gasteiger partial charge in [0.2, 0.25) is 11.8 Å². The Morgan fingerprint density at radius 1 is 1.05 bits per heavy atom. The molecule has 228 valence electrons. The first kappa shape index (κ1) is 33.4. The van der Waals surface area contributed by atoms with Gasteiger partial charge in [0.15, 0.2) is 6.04 Å². The zero-order chi connectivity index (χ0) is 30.5. The van der Waals surface area contributed by atoms with Crippen molar-refractivity contribution in [1.82, 2.24) is 15.5 Å². The Hall–Kier alpha value is -3.77.